The van der Waals surface area contributed by atoms with Crippen molar-refractivity contribution in [1.29, 1.82) is 0 Å². The van der Waals surface area contributed by atoms with Crippen LogP contribution in [0.15, 0.2) is 0 Å². The molecule has 1 rings (SSSR count). The number of methoxy groups -OCH3 is 1. The number of ether oxygens (including phenoxy) is 1. The molecule has 0 bridgehead atoms. The summed E-state index contributed by atoms with van der Waals surface area (Å²) in [6.07, 6.45) is 0.885. The van der Waals surface area contributed by atoms with Crippen LogP contribution in [0.25, 0.3) is 0 Å². The number of hydrogen-bond donors (Lipinski definition) is 1. The molecule has 1 aliphatic heterocycles. The van der Waals surface area contributed by atoms with Crippen LogP contribution in [-0.4, -0.2) is 74.7 Å². The predicted molar refractivity (Wildman–Crippen MR) is 72.7 cm³/mol. The van der Waals surface area contributed by atoms with Gasteiger partial charge in [-0.2, -0.15) is 0 Å². The highest BCUT2D eigenvalue weighted by Gasteiger charge is 2.36. The Bertz CT molecular complexity index is 263. The Balaban J connectivity index is 2.51. The highest BCUT2D eigenvalue weighted by atomic mass is 16.5. The van der Waals surface area contributed by atoms with Gasteiger partial charge >= 0.3 is 0 Å². The van der Waals surface area contributed by atoms with Gasteiger partial charge in [0, 0.05) is 53.5 Å². The molecule has 0 aromatic heterocycles. The van der Waals surface area contributed by atoms with Crippen LogP contribution in [0.3, 0.4) is 0 Å². The summed E-state index contributed by atoms with van der Waals surface area (Å²) >= 11 is 0. The molecule has 1 saturated heterocycles. The fourth-order valence-electron chi connectivity index (χ4n) is 2.37. The van der Waals surface area contributed by atoms with E-state index in [0.29, 0.717) is 6.61 Å². The van der Waals surface area contributed by atoms with E-state index in [2.05, 4.69) is 10.2 Å². The molecule has 106 valence electrons. The third-order valence-corrected chi connectivity index (χ3v) is 3.62. The maximum Gasteiger partial charge on any atom is 0.242 e. The SMILES string of the molecule is COCCCN(C)C(=O)C(C)(C)N1CCNCC1. The number of hydrogen-bond acceptors (Lipinski definition) is 4. The van der Waals surface area contributed by atoms with Crippen molar-refractivity contribution in [2.45, 2.75) is 25.8 Å². The first-order chi connectivity index (χ1) is 8.50. The van der Waals surface area contributed by atoms with Gasteiger partial charge in [-0.3, -0.25) is 9.69 Å². The van der Waals surface area contributed by atoms with Crippen LogP contribution in [0.5, 0.6) is 0 Å². The minimum absolute atomic E-state index is 0.195. The second-order valence-corrected chi connectivity index (χ2v) is 5.37. The van der Waals surface area contributed by atoms with E-state index < -0.39 is 5.54 Å². The van der Waals surface area contributed by atoms with Crippen LogP contribution in [0.4, 0.5) is 0 Å². The zero-order chi connectivity index (χ0) is 13.6. The van der Waals surface area contributed by atoms with Crippen molar-refractivity contribution in [3.05, 3.63) is 0 Å². The molecule has 0 aliphatic carbocycles. The standard InChI is InChI=1S/C13H27N3O2/c1-13(2,16-9-6-14-7-10-16)12(17)15(3)8-5-11-18-4/h14H,5-11H2,1-4H3. The molecule has 0 radical (unpaired) electrons. The van der Waals surface area contributed by atoms with Crippen LogP contribution >= 0.6 is 0 Å². The molecule has 0 aromatic rings. The van der Waals surface area contributed by atoms with Crippen LogP contribution < -0.4 is 5.32 Å². The Hall–Kier alpha value is -0.650. The van der Waals surface area contributed by atoms with Crippen molar-refractivity contribution in [2.24, 2.45) is 0 Å². The van der Waals surface area contributed by atoms with E-state index in [4.69, 9.17) is 4.74 Å². The third kappa shape index (κ3) is 3.93. The third-order valence-electron chi connectivity index (χ3n) is 3.62. The number of nitrogens with one attached hydrogen (secondary N) is 1. The fourth-order valence-corrected chi connectivity index (χ4v) is 2.37. The molecule has 0 unspecified atom stereocenters. The fraction of sp³-hybridized carbons (Fsp3) is 0.923. The van der Waals surface area contributed by atoms with Gasteiger partial charge in [-0.1, -0.05) is 0 Å². The topological polar surface area (TPSA) is 44.8 Å². The monoisotopic (exact) mass is 257 g/mol. The summed E-state index contributed by atoms with van der Waals surface area (Å²) in [7, 11) is 3.56. The van der Waals surface area contributed by atoms with Crippen molar-refractivity contribution in [1.82, 2.24) is 15.1 Å². The Morgan fingerprint density at radius 3 is 2.56 bits per heavy atom. The van der Waals surface area contributed by atoms with Gasteiger partial charge in [0.2, 0.25) is 5.91 Å². The molecule has 1 fully saturated rings. The molecule has 5 heteroatoms. The highest BCUT2D eigenvalue weighted by molar-refractivity contribution is 5.85. The summed E-state index contributed by atoms with van der Waals surface area (Å²) in [5.74, 6) is 0.195. The quantitative estimate of drug-likeness (QED) is 0.689. The predicted octanol–water partition coefficient (Wildman–Crippen LogP) is 0.165. The second-order valence-electron chi connectivity index (χ2n) is 5.37. The molecule has 1 N–H and O–H groups in total. The van der Waals surface area contributed by atoms with Gasteiger partial charge in [0.05, 0.1) is 5.54 Å². The van der Waals surface area contributed by atoms with E-state index in [9.17, 15) is 4.79 Å². The Morgan fingerprint density at radius 2 is 2.00 bits per heavy atom. The molecule has 18 heavy (non-hydrogen) atoms. The molecule has 0 atom stereocenters. The van der Waals surface area contributed by atoms with Gasteiger partial charge in [-0.25, -0.2) is 0 Å². The average Bonchev–Trinajstić information content (AvgIpc) is 2.39. The number of amides is 1. The molecule has 5 nitrogen and oxygen atoms in total. The lowest BCUT2D eigenvalue weighted by Gasteiger charge is -2.41. The van der Waals surface area contributed by atoms with Crippen LogP contribution in [0, 0.1) is 0 Å². The van der Waals surface area contributed by atoms with Crippen molar-refractivity contribution in [3.8, 4) is 0 Å². The van der Waals surface area contributed by atoms with E-state index >= 15 is 0 Å². The second kappa shape index (κ2) is 7.07. The molecule has 0 spiro atoms. The Labute approximate surface area is 110 Å². The first-order valence-corrected chi connectivity index (χ1v) is 6.70. The van der Waals surface area contributed by atoms with E-state index in [-0.39, 0.29) is 5.91 Å². The number of piperazine rings is 1. The van der Waals surface area contributed by atoms with Crippen LogP contribution in [0.2, 0.25) is 0 Å². The molecule has 0 aromatic carbocycles. The number of rotatable bonds is 6. The molecule has 1 aliphatic rings. The first kappa shape index (κ1) is 15.4. The smallest absolute Gasteiger partial charge is 0.242 e. The lowest BCUT2D eigenvalue weighted by atomic mass is 9.99. The lowest BCUT2D eigenvalue weighted by Crippen LogP contribution is -2.60. The molecule has 1 heterocycles. The molecular weight excluding hydrogens is 230 g/mol. The maximum absolute atomic E-state index is 12.5. The number of carbonyl (C=O) groups is 1. The number of likely N-dealkylation sites (N-methyl/N-ethyl adjacent to an activating group) is 1. The zero-order valence-electron chi connectivity index (χ0n) is 12.2. The molecule has 1 amide bonds. The van der Waals surface area contributed by atoms with E-state index in [0.717, 1.165) is 39.1 Å². The molecular formula is C13H27N3O2. The average molecular weight is 257 g/mol. The summed E-state index contributed by atoms with van der Waals surface area (Å²) in [5, 5.41) is 3.31. The van der Waals surface area contributed by atoms with Crippen LogP contribution in [-0.2, 0) is 9.53 Å². The Kier molecular flexibility index (Phi) is 6.05. The highest BCUT2D eigenvalue weighted by Crippen LogP contribution is 2.18. The lowest BCUT2D eigenvalue weighted by molar-refractivity contribution is -0.142. The maximum atomic E-state index is 12.5. The van der Waals surface area contributed by atoms with Gasteiger partial charge in [-0.05, 0) is 20.3 Å². The Morgan fingerprint density at radius 1 is 1.39 bits per heavy atom. The van der Waals surface area contributed by atoms with E-state index in [1.165, 1.54) is 0 Å². The van der Waals surface area contributed by atoms with Gasteiger partial charge < -0.3 is 15.0 Å². The number of nitrogens with zero attached hydrogens (tertiary/aromatic N) is 2. The van der Waals surface area contributed by atoms with Crippen molar-refractivity contribution < 1.29 is 9.53 Å². The zero-order valence-corrected chi connectivity index (χ0v) is 12.2. The summed E-state index contributed by atoms with van der Waals surface area (Å²) in [6, 6.07) is 0. The van der Waals surface area contributed by atoms with E-state index in [1.54, 1.807) is 7.11 Å². The van der Waals surface area contributed by atoms with Gasteiger partial charge in [0.25, 0.3) is 0 Å². The van der Waals surface area contributed by atoms with Crippen LogP contribution in [0.1, 0.15) is 20.3 Å². The van der Waals surface area contributed by atoms with Gasteiger partial charge in [0.15, 0.2) is 0 Å². The summed E-state index contributed by atoms with van der Waals surface area (Å²) < 4.78 is 5.02. The van der Waals surface area contributed by atoms with Crippen molar-refractivity contribution in [2.75, 3.05) is 53.5 Å². The summed E-state index contributed by atoms with van der Waals surface area (Å²) in [4.78, 5) is 16.6. The largest absolute Gasteiger partial charge is 0.385 e. The number of carbonyl (C=O) groups excluding carboxylic acids is 1. The summed E-state index contributed by atoms with van der Waals surface area (Å²) in [6.45, 7) is 9.29. The minimum atomic E-state index is -0.413. The van der Waals surface area contributed by atoms with Gasteiger partial charge in [-0.15, -0.1) is 0 Å². The van der Waals surface area contributed by atoms with Crippen molar-refractivity contribution in [3.63, 3.8) is 0 Å². The normalized spacial score (nSPS) is 17.8. The van der Waals surface area contributed by atoms with Crippen molar-refractivity contribution >= 4 is 5.91 Å². The van der Waals surface area contributed by atoms with E-state index in [1.807, 2.05) is 25.8 Å². The molecule has 0 saturated carbocycles. The van der Waals surface area contributed by atoms with Gasteiger partial charge in [0.1, 0.15) is 0 Å². The first-order valence-electron chi connectivity index (χ1n) is 6.70. The minimum Gasteiger partial charge on any atom is -0.385 e. The summed E-state index contributed by atoms with van der Waals surface area (Å²) in [5.41, 5.74) is -0.413.